The van der Waals surface area contributed by atoms with E-state index in [2.05, 4.69) is 10.2 Å². The number of likely N-dealkylation sites (N-methyl/N-ethyl adjacent to an activating group) is 2. The SMILES string of the molecule is CNCCN(C)Cc1ccc(-c2cccc(C(F)(F)F)c2)o1. The Kier molecular flexibility index (Phi) is 5.26. The first kappa shape index (κ1) is 16.6. The molecule has 0 aliphatic rings. The molecule has 120 valence electrons. The van der Waals surface area contributed by atoms with Gasteiger partial charge in [-0.3, -0.25) is 4.90 Å². The topological polar surface area (TPSA) is 28.4 Å². The summed E-state index contributed by atoms with van der Waals surface area (Å²) in [6, 6.07) is 8.66. The van der Waals surface area contributed by atoms with Crippen molar-refractivity contribution in [2.75, 3.05) is 27.2 Å². The van der Waals surface area contributed by atoms with Gasteiger partial charge in [0.1, 0.15) is 11.5 Å². The number of hydrogen-bond acceptors (Lipinski definition) is 3. The lowest BCUT2D eigenvalue weighted by atomic mass is 10.1. The minimum Gasteiger partial charge on any atom is -0.460 e. The van der Waals surface area contributed by atoms with E-state index in [0.29, 0.717) is 17.9 Å². The van der Waals surface area contributed by atoms with Crippen molar-refractivity contribution in [3.05, 3.63) is 47.7 Å². The number of hydrogen-bond donors (Lipinski definition) is 1. The molecule has 2 rings (SSSR count). The van der Waals surface area contributed by atoms with Crippen LogP contribution in [-0.4, -0.2) is 32.1 Å². The molecule has 6 heteroatoms. The quantitative estimate of drug-likeness (QED) is 0.883. The van der Waals surface area contributed by atoms with Crippen molar-refractivity contribution < 1.29 is 17.6 Å². The number of rotatable bonds is 6. The lowest BCUT2D eigenvalue weighted by molar-refractivity contribution is -0.137. The van der Waals surface area contributed by atoms with Gasteiger partial charge in [-0.25, -0.2) is 0 Å². The third-order valence-corrected chi connectivity index (χ3v) is 3.31. The Morgan fingerprint density at radius 3 is 2.64 bits per heavy atom. The molecule has 1 aromatic carbocycles. The molecule has 0 fully saturated rings. The standard InChI is InChI=1S/C16H19F3N2O/c1-20-8-9-21(2)11-14-6-7-15(22-14)12-4-3-5-13(10-12)16(17,18)19/h3-7,10,20H,8-9,11H2,1-2H3. The number of alkyl halides is 3. The van der Waals surface area contributed by atoms with Gasteiger partial charge in [-0.1, -0.05) is 12.1 Å². The highest BCUT2D eigenvalue weighted by atomic mass is 19.4. The van der Waals surface area contributed by atoms with Gasteiger partial charge in [-0.05, 0) is 38.4 Å². The Bertz CT molecular complexity index is 607. The zero-order valence-electron chi connectivity index (χ0n) is 12.6. The maximum atomic E-state index is 12.7. The highest BCUT2D eigenvalue weighted by Crippen LogP contribution is 2.32. The Balaban J connectivity index is 2.11. The van der Waals surface area contributed by atoms with Gasteiger partial charge in [0.2, 0.25) is 0 Å². The largest absolute Gasteiger partial charge is 0.460 e. The van der Waals surface area contributed by atoms with Gasteiger partial charge in [0.05, 0.1) is 12.1 Å². The van der Waals surface area contributed by atoms with Crippen molar-refractivity contribution in [3.63, 3.8) is 0 Å². The third-order valence-electron chi connectivity index (χ3n) is 3.31. The molecular formula is C16H19F3N2O. The van der Waals surface area contributed by atoms with Crippen molar-refractivity contribution in [3.8, 4) is 11.3 Å². The second-order valence-electron chi connectivity index (χ2n) is 5.19. The smallest absolute Gasteiger partial charge is 0.416 e. The maximum absolute atomic E-state index is 12.7. The summed E-state index contributed by atoms with van der Waals surface area (Å²) in [7, 11) is 3.84. The van der Waals surface area contributed by atoms with Gasteiger partial charge in [-0.15, -0.1) is 0 Å². The van der Waals surface area contributed by atoms with Crippen LogP contribution in [0.3, 0.4) is 0 Å². The summed E-state index contributed by atoms with van der Waals surface area (Å²) in [6.07, 6.45) is -4.35. The molecule has 2 aromatic rings. The summed E-state index contributed by atoms with van der Waals surface area (Å²) < 4.78 is 43.9. The van der Waals surface area contributed by atoms with E-state index in [1.165, 1.54) is 6.07 Å². The Morgan fingerprint density at radius 2 is 1.95 bits per heavy atom. The first-order valence-corrected chi connectivity index (χ1v) is 6.99. The zero-order chi connectivity index (χ0) is 16.2. The van der Waals surface area contributed by atoms with Gasteiger partial charge >= 0.3 is 6.18 Å². The lowest BCUT2D eigenvalue weighted by Crippen LogP contribution is -2.26. The second-order valence-corrected chi connectivity index (χ2v) is 5.19. The van der Waals surface area contributed by atoms with Gasteiger partial charge in [0.25, 0.3) is 0 Å². The Hall–Kier alpha value is -1.79. The number of nitrogens with zero attached hydrogens (tertiary/aromatic N) is 1. The molecular weight excluding hydrogens is 293 g/mol. The summed E-state index contributed by atoms with van der Waals surface area (Å²) in [5.74, 6) is 1.18. The predicted octanol–water partition coefficient (Wildman–Crippen LogP) is 3.62. The van der Waals surface area contributed by atoms with Crippen LogP contribution in [0.4, 0.5) is 13.2 Å². The van der Waals surface area contributed by atoms with E-state index in [1.54, 1.807) is 18.2 Å². The molecule has 0 spiro atoms. The molecule has 1 aromatic heterocycles. The van der Waals surface area contributed by atoms with Gasteiger partial charge < -0.3 is 9.73 Å². The molecule has 1 heterocycles. The second kappa shape index (κ2) is 6.98. The highest BCUT2D eigenvalue weighted by molar-refractivity contribution is 5.58. The fourth-order valence-electron chi connectivity index (χ4n) is 2.11. The van der Waals surface area contributed by atoms with Gasteiger partial charge in [0.15, 0.2) is 0 Å². The fraction of sp³-hybridized carbons (Fsp3) is 0.375. The average molecular weight is 312 g/mol. The molecule has 3 nitrogen and oxygen atoms in total. The van der Waals surface area contributed by atoms with E-state index < -0.39 is 11.7 Å². The minimum absolute atomic E-state index is 0.430. The van der Waals surface area contributed by atoms with Crippen LogP contribution in [0.5, 0.6) is 0 Å². The molecule has 0 aliphatic heterocycles. The Labute approximate surface area is 127 Å². The summed E-state index contributed by atoms with van der Waals surface area (Å²) in [5.41, 5.74) is -0.243. The molecule has 0 unspecified atom stereocenters. The summed E-state index contributed by atoms with van der Waals surface area (Å²) in [4.78, 5) is 2.07. The van der Waals surface area contributed by atoms with Crippen LogP contribution in [0.15, 0.2) is 40.8 Å². The number of halogens is 3. The fourth-order valence-corrected chi connectivity index (χ4v) is 2.11. The van der Waals surface area contributed by atoms with E-state index >= 15 is 0 Å². The van der Waals surface area contributed by atoms with E-state index in [9.17, 15) is 13.2 Å². The highest BCUT2D eigenvalue weighted by Gasteiger charge is 2.30. The molecule has 0 saturated carbocycles. The van der Waals surface area contributed by atoms with Crippen molar-refractivity contribution >= 4 is 0 Å². The van der Waals surface area contributed by atoms with E-state index in [4.69, 9.17) is 4.42 Å². The third kappa shape index (κ3) is 4.35. The molecule has 1 N–H and O–H groups in total. The first-order chi connectivity index (χ1) is 10.4. The van der Waals surface area contributed by atoms with Gasteiger partial charge in [-0.2, -0.15) is 13.2 Å². The summed E-state index contributed by atoms with van der Waals surface area (Å²) in [6.45, 7) is 2.33. The summed E-state index contributed by atoms with van der Waals surface area (Å²) in [5, 5.41) is 3.06. The average Bonchev–Trinajstić information content (AvgIpc) is 2.93. The molecule has 0 bridgehead atoms. The van der Waals surface area contributed by atoms with Crippen LogP contribution in [0.2, 0.25) is 0 Å². The van der Waals surface area contributed by atoms with Crippen LogP contribution < -0.4 is 5.32 Å². The van der Waals surface area contributed by atoms with Crippen LogP contribution in [0, 0.1) is 0 Å². The zero-order valence-corrected chi connectivity index (χ0v) is 12.6. The van der Waals surface area contributed by atoms with Crippen LogP contribution in [-0.2, 0) is 12.7 Å². The minimum atomic E-state index is -4.35. The van der Waals surface area contributed by atoms with E-state index in [1.807, 2.05) is 14.1 Å². The van der Waals surface area contributed by atoms with Crippen LogP contribution in [0.25, 0.3) is 11.3 Å². The summed E-state index contributed by atoms with van der Waals surface area (Å²) >= 11 is 0. The lowest BCUT2D eigenvalue weighted by Gasteiger charge is -2.14. The van der Waals surface area contributed by atoms with Crippen LogP contribution >= 0.6 is 0 Å². The van der Waals surface area contributed by atoms with Crippen LogP contribution in [0.1, 0.15) is 11.3 Å². The Morgan fingerprint density at radius 1 is 1.18 bits per heavy atom. The van der Waals surface area contributed by atoms with E-state index in [-0.39, 0.29) is 0 Å². The molecule has 0 aliphatic carbocycles. The molecule has 0 atom stereocenters. The number of benzene rings is 1. The molecule has 22 heavy (non-hydrogen) atoms. The number of furan rings is 1. The normalized spacial score (nSPS) is 12.1. The monoisotopic (exact) mass is 312 g/mol. The van der Waals surface area contributed by atoms with Crippen molar-refractivity contribution in [1.82, 2.24) is 10.2 Å². The van der Waals surface area contributed by atoms with Crippen molar-refractivity contribution in [2.45, 2.75) is 12.7 Å². The van der Waals surface area contributed by atoms with Gasteiger partial charge in [0, 0.05) is 18.7 Å². The first-order valence-electron chi connectivity index (χ1n) is 6.99. The maximum Gasteiger partial charge on any atom is 0.416 e. The molecule has 0 amide bonds. The van der Waals surface area contributed by atoms with Crippen molar-refractivity contribution in [1.29, 1.82) is 0 Å². The molecule has 0 radical (unpaired) electrons. The molecule has 0 saturated heterocycles. The van der Waals surface area contributed by atoms with E-state index in [0.717, 1.165) is 31.0 Å². The predicted molar refractivity (Wildman–Crippen MR) is 79.4 cm³/mol. The number of nitrogens with one attached hydrogen (secondary N) is 1. The van der Waals surface area contributed by atoms with Crippen molar-refractivity contribution in [2.24, 2.45) is 0 Å².